The number of esters is 1. The summed E-state index contributed by atoms with van der Waals surface area (Å²) in [4.78, 5) is 13.8. The van der Waals surface area contributed by atoms with Crippen molar-refractivity contribution in [2.75, 3.05) is 26.3 Å². The van der Waals surface area contributed by atoms with Crippen LogP contribution in [0.3, 0.4) is 0 Å². The van der Waals surface area contributed by atoms with Gasteiger partial charge in [-0.2, -0.15) is 0 Å². The lowest BCUT2D eigenvalue weighted by Gasteiger charge is -2.31. The highest BCUT2D eigenvalue weighted by molar-refractivity contribution is 5.85. The van der Waals surface area contributed by atoms with E-state index in [9.17, 15) is 15.0 Å². The van der Waals surface area contributed by atoms with E-state index in [1.165, 1.54) is 0 Å². The fourth-order valence-electron chi connectivity index (χ4n) is 4.59. The van der Waals surface area contributed by atoms with Gasteiger partial charge in [0.15, 0.2) is 6.61 Å². The number of hydrogen-bond acceptors (Lipinski definition) is 7. The van der Waals surface area contributed by atoms with Crippen LogP contribution in [0.2, 0.25) is 0 Å². The first-order chi connectivity index (χ1) is 18.4. The largest absolute Gasteiger partial charge is 0.508 e. The molecule has 4 rings (SSSR count). The number of phenols is 1. The van der Waals surface area contributed by atoms with E-state index in [1.54, 1.807) is 19.3 Å². The Hall–Kier alpha value is -3.52. The van der Waals surface area contributed by atoms with Crippen molar-refractivity contribution in [3.8, 4) is 11.5 Å². The van der Waals surface area contributed by atoms with Crippen molar-refractivity contribution in [1.82, 2.24) is 4.90 Å². The third-order valence-corrected chi connectivity index (χ3v) is 6.65. The van der Waals surface area contributed by atoms with Gasteiger partial charge in [0.05, 0.1) is 12.9 Å². The Morgan fingerprint density at radius 1 is 1.03 bits per heavy atom. The van der Waals surface area contributed by atoms with Crippen LogP contribution in [0.15, 0.2) is 83.5 Å². The summed E-state index contributed by atoms with van der Waals surface area (Å²) in [6, 6.07) is 22.9. The molecule has 8 heteroatoms. The molecule has 0 saturated carbocycles. The van der Waals surface area contributed by atoms with E-state index in [0.29, 0.717) is 37.6 Å². The van der Waals surface area contributed by atoms with Crippen molar-refractivity contribution in [3.63, 3.8) is 0 Å². The number of carbonyl (C=O) groups excluding carboxylic acids is 1. The normalized spacial score (nSPS) is 12.6. The molecule has 0 bridgehead atoms. The van der Waals surface area contributed by atoms with Crippen molar-refractivity contribution >= 4 is 29.1 Å². The second kappa shape index (κ2) is 14.6. The fraction of sp³-hybridized carbons (Fsp3) is 0.323. The van der Waals surface area contributed by atoms with Crippen molar-refractivity contribution < 1.29 is 28.9 Å². The second-order valence-electron chi connectivity index (χ2n) is 9.37. The van der Waals surface area contributed by atoms with Crippen LogP contribution < -0.4 is 4.74 Å². The number of benzene rings is 3. The third kappa shape index (κ3) is 8.23. The highest BCUT2D eigenvalue weighted by Gasteiger charge is 2.23. The number of nitrogens with zero attached hydrogens (tertiary/aromatic N) is 1. The summed E-state index contributed by atoms with van der Waals surface area (Å²) in [5, 5.41) is 23.3. The Morgan fingerprint density at radius 3 is 2.49 bits per heavy atom. The number of aromatic hydroxyl groups is 1. The lowest BCUT2D eigenvalue weighted by Crippen LogP contribution is -2.39. The van der Waals surface area contributed by atoms with E-state index >= 15 is 0 Å². The highest BCUT2D eigenvalue weighted by atomic mass is 35.5. The number of carbonyl (C=O) groups is 1. The Morgan fingerprint density at radius 2 is 1.74 bits per heavy atom. The van der Waals surface area contributed by atoms with E-state index in [-0.39, 0.29) is 30.8 Å². The van der Waals surface area contributed by atoms with Gasteiger partial charge >= 0.3 is 5.97 Å². The van der Waals surface area contributed by atoms with Gasteiger partial charge in [-0.25, -0.2) is 4.79 Å². The molecule has 39 heavy (non-hydrogen) atoms. The van der Waals surface area contributed by atoms with E-state index in [0.717, 1.165) is 28.3 Å². The first-order valence-corrected chi connectivity index (χ1v) is 13.0. The molecular formula is C31H36ClNO6. The van der Waals surface area contributed by atoms with Crippen LogP contribution in [0.4, 0.5) is 0 Å². The smallest absolute Gasteiger partial charge is 0.344 e. The van der Waals surface area contributed by atoms with Gasteiger partial charge in [0.25, 0.3) is 0 Å². The van der Waals surface area contributed by atoms with Crippen LogP contribution >= 0.6 is 12.4 Å². The van der Waals surface area contributed by atoms with Crippen LogP contribution in [-0.2, 0) is 22.4 Å². The third-order valence-electron chi connectivity index (χ3n) is 6.65. The zero-order valence-electron chi connectivity index (χ0n) is 22.3. The molecule has 0 aliphatic rings. The molecule has 208 valence electrons. The quantitative estimate of drug-likeness (QED) is 0.205. The van der Waals surface area contributed by atoms with Crippen molar-refractivity contribution in [2.45, 2.75) is 38.8 Å². The average Bonchev–Trinajstić information content (AvgIpc) is 3.36. The van der Waals surface area contributed by atoms with E-state index in [2.05, 4.69) is 11.8 Å². The van der Waals surface area contributed by atoms with Crippen LogP contribution in [0.1, 0.15) is 36.8 Å². The van der Waals surface area contributed by atoms with Crippen molar-refractivity contribution in [1.29, 1.82) is 0 Å². The fourth-order valence-corrected chi connectivity index (χ4v) is 4.59. The molecule has 4 aromatic rings. The summed E-state index contributed by atoms with van der Waals surface area (Å²) < 4.78 is 16.2. The first-order valence-electron chi connectivity index (χ1n) is 13.0. The van der Waals surface area contributed by atoms with Crippen molar-refractivity contribution in [2.24, 2.45) is 0 Å². The summed E-state index contributed by atoms with van der Waals surface area (Å²) >= 11 is 0. The summed E-state index contributed by atoms with van der Waals surface area (Å²) in [5.41, 5.74) is 1.97. The maximum atomic E-state index is 11.5. The number of para-hydroxylation sites is 1. The van der Waals surface area contributed by atoms with E-state index in [4.69, 9.17) is 13.9 Å². The molecule has 2 N–H and O–H groups in total. The molecule has 1 heterocycles. The maximum Gasteiger partial charge on any atom is 0.344 e. The summed E-state index contributed by atoms with van der Waals surface area (Å²) in [6.45, 7) is 5.12. The van der Waals surface area contributed by atoms with E-state index < -0.39 is 12.1 Å². The number of ether oxygens (including phenoxy) is 2. The van der Waals surface area contributed by atoms with Gasteiger partial charge in [0.1, 0.15) is 23.4 Å². The first kappa shape index (κ1) is 30.0. The van der Waals surface area contributed by atoms with E-state index in [1.807, 2.05) is 66.7 Å². The molecule has 0 amide bonds. The van der Waals surface area contributed by atoms with Gasteiger partial charge in [-0.1, -0.05) is 54.6 Å². The van der Waals surface area contributed by atoms with Gasteiger partial charge in [-0.15, -0.1) is 12.4 Å². The molecule has 7 nitrogen and oxygen atoms in total. The average molecular weight is 554 g/mol. The van der Waals surface area contributed by atoms with Crippen LogP contribution in [0.25, 0.3) is 10.8 Å². The number of aliphatic hydroxyl groups is 1. The Bertz CT molecular complexity index is 1320. The molecule has 0 aliphatic carbocycles. The Balaban J connectivity index is 0.00000420. The molecule has 2 unspecified atom stereocenters. The predicted octanol–water partition coefficient (Wildman–Crippen LogP) is 5.71. The topological polar surface area (TPSA) is 92.4 Å². The minimum absolute atomic E-state index is 0. The highest BCUT2D eigenvalue weighted by Crippen LogP contribution is 2.28. The van der Waals surface area contributed by atoms with Gasteiger partial charge in [0.2, 0.25) is 0 Å². The van der Waals surface area contributed by atoms with Gasteiger partial charge < -0.3 is 24.1 Å². The molecule has 2 atom stereocenters. The summed E-state index contributed by atoms with van der Waals surface area (Å²) in [5.74, 6) is 1.04. The molecule has 3 aromatic carbocycles. The second-order valence-corrected chi connectivity index (χ2v) is 9.37. The summed E-state index contributed by atoms with van der Waals surface area (Å²) in [7, 11) is 0. The van der Waals surface area contributed by atoms with Gasteiger partial charge in [-0.05, 0) is 56.0 Å². The summed E-state index contributed by atoms with van der Waals surface area (Å²) in [6.07, 6.45) is 2.25. The lowest BCUT2D eigenvalue weighted by molar-refractivity contribution is -0.145. The number of fused-ring (bicyclic) bond motifs is 1. The maximum absolute atomic E-state index is 11.5. The SMILES string of the molecule is CCOC(=O)COc1ccc(CC(C)N(CCc2ccccc2O)CC(O)c2occ3ccccc23)cc1.Cl. The Labute approximate surface area is 235 Å². The number of rotatable bonds is 13. The van der Waals surface area contributed by atoms with Crippen LogP contribution in [0, 0.1) is 0 Å². The zero-order chi connectivity index (χ0) is 26.9. The molecular weight excluding hydrogens is 518 g/mol. The molecule has 1 aromatic heterocycles. The molecule has 0 aliphatic heterocycles. The Kier molecular flexibility index (Phi) is 11.2. The predicted molar refractivity (Wildman–Crippen MR) is 154 cm³/mol. The number of hydrogen-bond donors (Lipinski definition) is 2. The van der Waals surface area contributed by atoms with Gasteiger partial charge in [-0.3, -0.25) is 4.90 Å². The number of aliphatic hydroxyl groups excluding tert-OH is 1. The minimum Gasteiger partial charge on any atom is -0.508 e. The zero-order valence-corrected chi connectivity index (χ0v) is 23.1. The molecule has 0 radical (unpaired) electrons. The number of halogens is 1. The van der Waals surface area contributed by atoms with Crippen LogP contribution in [0.5, 0.6) is 11.5 Å². The number of phenolic OH excluding ortho intramolecular Hbond substituents is 1. The standard InChI is InChI=1S/C31H35NO6.ClH/c1-3-36-30(35)21-37-26-14-12-23(13-15-26)18-22(2)32(17-16-24-8-5-7-11-28(24)33)19-29(34)31-27-10-6-4-9-25(27)20-38-31;/h4-15,20,22,29,33-34H,3,16-19,21H2,1-2H3;1H. The number of furan rings is 1. The lowest BCUT2D eigenvalue weighted by atomic mass is 10.0. The molecule has 0 saturated heterocycles. The minimum atomic E-state index is -0.805. The van der Waals surface area contributed by atoms with Gasteiger partial charge in [0, 0.05) is 29.9 Å². The monoisotopic (exact) mass is 553 g/mol. The van der Waals surface area contributed by atoms with Crippen molar-refractivity contribution in [3.05, 3.63) is 95.9 Å². The molecule has 0 spiro atoms. The van der Waals surface area contributed by atoms with Crippen LogP contribution in [-0.4, -0.2) is 53.4 Å². The molecule has 0 fully saturated rings.